The molecule has 6 heteroatoms. The first-order valence-corrected chi connectivity index (χ1v) is 6.91. The number of halogens is 2. The molecule has 1 atom stereocenters. The summed E-state index contributed by atoms with van der Waals surface area (Å²) in [6, 6.07) is 1.48. The van der Waals surface area contributed by atoms with Crippen molar-refractivity contribution in [1.82, 2.24) is 10.3 Å². The molecule has 108 valence electrons. The van der Waals surface area contributed by atoms with Crippen LogP contribution in [0.4, 0.5) is 0 Å². The smallest absolute Gasteiger partial charge is 0.267 e. The standard InChI is InChI=1S/C13H20Cl2N2O2/c1-7(2)10(18)13(3,4)6-16-12(19)9-5-8(14)11(15)17-9/h5,7,10,17-18H,6H2,1-4H3,(H,16,19). The number of hydrogen-bond acceptors (Lipinski definition) is 2. The summed E-state index contributed by atoms with van der Waals surface area (Å²) < 4.78 is 0. The van der Waals surface area contributed by atoms with Gasteiger partial charge in [-0.3, -0.25) is 4.79 Å². The molecule has 1 aromatic heterocycles. The normalized spacial score (nSPS) is 13.7. The molecule has 1 rings (SSSR count). The Balaban J connectivity index is 2.64. The minimum absolute atomic E-state index is 0.126. The number of nitrogens with one attached hydrogen (secondary N) is 2. The van der Waals surface area contributed by atoms with Crippen LogP contribution < -0.4 is 5.32 Å². The number of carbonyl (C=O) groups is 1. The van der Waals surface area contributed by atoms with E-state index in [1.165, 1.54) is 6.07 Å². The lowest BCUT2D eigenvalue weighted by molar-refractivity contribution is 0.0138. The molecule has 0 bridgehead atoms. The van der Waals surface area contributed by atoms with Crippen molar-refractivity contribution in [2.24, 2.45) is 11.3 Å². The summed E-state index contributed by atoms with van der Waals surface area (Å²) >= 11 is 11.5. The molecule has 0 fully saturated rings. The molecular formula is C13H20Cl2N2O2. The van der Waals surface area contributed by atoms with Crippen LogP contribution in [0.15, 0.2) is 6.07 Å². The maximum absolute atomic E-state index is 11.9. The highest BCUT2D eigenvalue weighted by Gasteiger charge is 2.30. The van der Waals surface area contributed by atoms with Gasteiger partial charge in [0.05, 0.1) is 11.1 Å². The topological polar surface area (TPSA) is 65.1 Å². The molecule has 1 amide bonds. The molecule has 0 aliphatic heterocycles. The zero-order valence-corrected chi connectivity index (χ0v) is 13.1. The van der Waals surface area contributed by atoms with Gasteiger partial charge in [-0.25, -0.2) is 0 Å². The first-order valence-electron chi connectivity index (χ1n) is 6.15. The van der Waals surface area contributed by atoms with E-state index in [-0.39, 0.29) is 17.0 Å². The van der Waals surface area contributed by atoms with Gasteiger partial charge in [-0.1, -0.05) is 50.9 Å². The Bertz CT molecular complexity index is 436. The summed E-state index contributed by atoms with van der Waals surface area (Å²) in [6.45, 7) is 8.07. The Morgan fingerprint density at radius 3 is 2.47 bits per heavy atom. The summed E-state index contributed by atoms with van der Waals surface area (Å²) in [4.78, 5) is 14.6. The van der Waals surface area contributed by atoms with E-state index in [4.69, 9.17) is 23.2 Å². The number of aromatic nitrogens is 1. The van der Waals surface area contributed by atoms with E-state index in [9.17, 15) is 9.90 Å². The van der Waals surface area contributed by atoms with Crippen molar-refractivity contribution < 1.29 is 9.90 Å². The first kappa shape index (κ1) is 16.3. The quantitative estimate of drug-likeness (QED) is 0.782. The number of amides is 1. The van der Waals surface area contributed by atoms with E-state index >= 15 is 0 Å². The molecule has 0 radical (unpaired) electrons. The van der Waals surface area contributed by atoms with Crippen LogP contribution in [0.25, 0.3) is 0 Å². The van der Waals surface area contributed by atoms with Crippen molar-refractivity contribution in [1.29, 1.82) is 0 Å². The van der Waals surface area contributed by atoms with Crippen LogP contribution in [0.2, 0.25) is 10.2 Å². The van der Waals surface area contributed by atoms with Crippen LogP contribution in [-0.2, 0) is 0 Å². The van der Waals surface area contributed by atoms with Gasteiger partial charge in [0.2, 0.25) is 0 Å². The molecule has 1 heterocycles. The van der Waals surface area contributed by atoms with Gasteiger partial charge >= 0.3 is 0 Å². The van der Waals surface area contributed by atoms with Crippen molar-refractivity contribution in [3.63, 3.8) is 0 Å². The van der Waals surface area contributed by atoms with Crippen molar-refractivity contribution in [2.75, 3.05) is 6.54 Å². The third-order valence-corrected chi connectivity index (χ3v) is 3.80. The van der Waals surface area contributed by atoms with Gasteiger partial charge < -0.3 is 15.4 Å². The van der Waals surface area contributed by atoms with Crippen LogP contribution in [0.5, 0.6) is 0 Å². The average Bonchev–Trinajstić information content (AvgIpc) is 2.65. The number of aliphatic hydroxyl groups is 1. The van der Waals surface area contributed by atoms with E-state index < -0.39 is 11.5 Å². The van der Waals surface area contributed by atoms with Crippen LogP contribution >= 0.6 is 23.2 Å². The van der Waals surface area contributed by atoms with Crippen molar-refractivity contribution in [3.05, 3.63) is 21.9 Å². The largest absolute Gasteiger partial charge is 0.392 e. The lowest BCUT2D eigenvalue weighted by atomic mass is 9.80. The van der Waals surface area contributed by atoms with E-state index in [0.29, 0.717) is 17.3 Å². The van der Waals surface area contributed by atoms with Crippen molar-refractivity contribution in [2.45, 2.75) is 33.8 Å². The van der Waals surface area contributed by atoms with Crippen LogP contribution in [0.1, 0.15) is 38.2 Å². The Hall–Kier alpha value is -0.710. The maximum Gasteiger partial charge on any atom is 0.267 e. The summed E-state index contributed by atoms with van der Waals surface area (Å²) in [6.07, 6.45) is -0.497. The van der Waals surface area contributed by atoms with Gasteiger partial charge in [-0.2, -0.15) is 0 Å². The minimum Gasteiger partial charge on any atom is -0.392 e. The SMILES string of the molecule is CC(C)C(O)C(C)(C)CNC(=O)c1cc(Cl)c(Cl)[nH]1. The highest BCUT2D eigenvalue weighted by atomic mass is 35.5. The fourth-order valence-corrected chi connectivity index (χ4v) is 2.25. The Kier molecular flexibility index (Phi) is 5.30. The third-order valence-electron chi connectivity index (χ3n) is 3.11. The molecule has 0 saturated carbocycles. The lowest BCUT2D eigenvalue weighted by Crippen LogP contribution is -2.43. The van der Waals surface area contributed by atoms with Crippen molar-refractivity contribution >= 4 is 29.1 Å². The first-order chi connectivity index (χ1) is 8.65. The molecule has 1 unspecified atom stereocenters. The fraction of sp³-hybridized carbons (Fsp3) is 0.615. The molecule has 0 aromatic carbocycles. The van der Waals surface area contributed by atoms with Crippen LogP contribution in [0.3, 0.4) is 0 Å². The summed E-state index contributed by atoms with van der Waals surface area (Å²) in [5, 5.41) is 13.4. The Morgan fingerprint density at radius 1 is 1.47 bits per heavy atom. The van der Waals surface area contributed by atoms with Gasteiger partial charge in [0, 0.05) is 12.0 Å². The Labute approximate surface area is 123 Å². The number of H-pyrrole nitrogens is 1. The summed E-state index contributed by atoms with van der Waals surface area (Å²) in [7, 11) is 0. The van der Waals surface area contributed by atoms with Crippen LogP contribution in [-0.4, -0.2) is 28.6 Å². The zero-order chi connectivity index (χ0) is 14.8. The molecular weight excluding hydrogens is 287 g/mol. The maximum atomic E-state index is 11.9. The fourth-order valence-electron chi connectivity index (χ4n) is 1.94. The highest BCUT2D eigenvalue weighted by Crippen LogP contribution is 2.26. The average molecular weight is 307 g/mol. The molecule has 3 N–H and O–H groups in total. The second-order valence-electron chi connectivity index (χ2n) is 5.71. The number of hydrogen-bond donors (Lipinski definition) is 3. The third kappa shape index (κ3) is 4.13. The number of aromatic amines is 1. The van der Waals surface area contributed by atoms with Gasteiger partial charge in [-0.15, -0.1) is 0 Å². The predicted molar refractivity (Wildman–Crippen MR) is 77.8 cm³/mol. The molecule has 0 aliphatic carbocycles. The molecule has 19 heavy (non-hydrogen) atoms. The van der Waals surface area contributed by atoms with Crippen molar-refractivity contribution in [3.8, 4) is 0 Å². The minimum atomic E-state index is -0.497. The summed E-state index contributed by atoms with van der Waals surface area (Å²) in [5.41, 5.74) is -0.103. The van der Waals surface area contributed by atoms with E-state index in [1.807, 2.05) is 27.7 Å². The van der Waals surface area contributed by atoms with Gasteiger partial charge in [0.1, 0.15) is 10.8 Å². The molecule has 0 saturated heterocycles. The number of rotatable bonds is 5. The Morgan fingerprint density at radius 2 is 2.05 bits per heavy atom. The van der Waals surface area contributed by atoms with Gasteiger partial charge in [-0.05, 0) is 12.0 Å². The number of carbonyl (C=O) groups excluding carboxylic acids is 1. The highest BCUT2D eigenvalue weighted by molar-refractivity contribution is 6.41. The van der Waals surface area contributed by atoms with Gasteiger partial charge in [0.25, 0.3) is 5.91 Å². The van der Waals surface area contributed by atoms with E-state index in [0.717, 1.165) is 0 Å². The van der Waals surface area contributed by atoms with Gasteiger partial charge in [0.15, 0.2) is 0 Å². The van der Waals surface area contributed by atoms with Crippen LogP contribution in [0, 0.1) is 11.3 Å². The second kappa shape index (κ2) is 6.16. The predicted octanol–water partition coefficient (Wildman–Crippen LogP) is 3.09. The molecule has 4 nitrogen and oxygen atoms in total. The van der Waals surface area contributed by atoms with E-state index in [2.05, 4.69) is 10.3 Å². The number of aliphatic hydroxyl groups excluding tert-OH is 1. The molecule has 0 spiro atoms. The molecule has 1 aromatic rings. The summed E-state index contributed by atoms with van der Waals surface area (Å²) in [5.74, 6) is -0.167. The van der Waals surface area contributed by atoms with E-state index in [1.54, 1.807) is 0 Å². The zero-order valence-electron chi connectivity index (χ0n) is 11.6. The monoisotopic (exact) mass is 306 g/mol. The lowest BCUT2D eigenvalue weighted by Gasteiger charge is -2.33. The molecule has 0 aliphatic rings. The second-order valence-corrected chi connectivity index (χ2v) is 6.49.